The minimum atomic E-state index is -0.328. The SMILES string of the molecule is C(=NNc1nc(-c2ccccc2)cs1)c1ccc(N2CCC3(CC2)OCCO3)cc1. The van der Waals surface area contributed by atoms with E-state index in [-0.39, 0.29) is 5.79 Å². The highest BCUT2D eigenvalue weighted by atomic mass is 32.1. The molecule has 2 aliphatic heterocycles. The van der Waals surface area contributed by atoms with Crippen molar-refractivity contribution in [2.75, 3.05) is 36.6 Å². The molecule has 0 radical (unpaired) electrons. The fraction of sp³-hybridized carbons (Fsp3) is 0.304. The van der Waals surface area contributed by atoms with Gasteiger partial charge in [0.1, 0.15) is 0 Å². The van der Waals surface area contributed by atoms with E-state index < -0.39 is 0 Å². The highest BCUT2D eigenvalue weighted by molar-refractivity contribution is 7.14. The van der Waals surface area contributed by atoms with Gasteiger partial charge in [-0.15, -0.1) is 11.3 Å². The molecule has 2 fully saturated rings. The third-order valence-electron chi connectivity index (χ3n) is 5.54. The summed E-state index contributed by atoms with van der Waals surface area (Å²) in [6.45, 7) is 3.33. The molecule has 6 nitrogen and oxygen atoms in total. The maximum absolute atomic E-state index is 5.81. The van der Waals surface area contributed by atoms with Gasteiger partial charge in [-0.3, -0.25) is 5.43 Å². The van der Waals surface area contributed by atoms with Crippen molar-refractivity contribution >= 4 is 28.4 Å². The molecule has 154 valence electrons. The summed E-state index contributed by atoms with van der Waals surface area (Å²) >= 11 is 1.55. The first kappa shape index (κ1) is 19.2. The minimum absolute atomic E-state index is 0.328. The maximum Gasteiger partial charge on any atom is 0.203 e. The second-order valence-corrected chi connectivity index (χ2v) is 8.32. The number of anilines is 2. The Balaban J connectivity index is 1.16. The van der Waals surface area contributed by atoms with Gasteiger partial charge in [0.15, 0.2) is 5.79 Å². The lowest BCUT2D eigenvalue weighted by Crippen LogP contribution is -2.45. The monoisotopic (exact) mass is 420 g/mol. The van der Waals surface area contributed by atoms with Gasteiger partial charge in [0.05, 0.1) is 25.1 Å². The number of hydrogen-bond acceptors (Lipinski definition) is 7. The molecular formula is C23H24N4O2S. The Morgan fingerprint density at radius 2 is 1.73 bits per heavy atom. The van der Waals surface area contributed by atoms with Crippen LogP contribution in [0.4, 0.5) is 10.8 Å². The Labute approximate surface area is 180 Å². The molecule has 2 saturated heterocycles. The highest BCUT2D eigenvalue weighted by Gasteiger charge is 2.39. The zero-order valence-electron chi connectivity index (χ0n) is 16.7. The molecule has 0 aliphatic carbocycles. The van der Waals surface area contributed by atoms with Crippen LogP contribution in [0.5, 0.6) is 0 Å². The molecule has 1 aromatic heterocycles. The van der Waals surface area contributed by atoms with Gasteiger partial charge in [-0.2, -0.15) is 5.10 Å². The maximum atomic E-state index is 5.81. The van der Waals surface area contributed by atoms with Crippen LogP contribution in [0.2, 0.25) is 0 Å². The van der Waals surface area contributed by atoms with Gasteiger partial charge in [0.2, 0.25) is 5.13 Å². The minimum Gasteiger partial charge on any atom is -0.371 e. The van der Waals surface area contributed by atoms with Crippen molar-refractivity contribution in [1.29, 1.82) is 0 Å². The summed E-state index contributed by atoms with van der Waals surface area (Å²) in [5.41, 5.74) is 7.36. The molecule has 0 amide bonds. The largest absolute Gasteiger partial charge is 0.371 e. The summed E-state index contributed by atoms with van der Waals surface area (Å²) in [7, 11) is 0. The van der Waals surface area contributed by atoms with Gasteiger partial charge >= 0.3 is 0 Å². The molecule has 3 heterocycles. The Kier molecular flexibility index (Phi) is 5.48. The van der Waals surface area contributed by atoms with Gasteiger partial charge < -0.3 is 14.4 Å². The standard InChI is InChI=1S/C23H24N4O2S/c1-2-4-19(5-3-1)21-17-30-22(25-21)26-24-16-18-6-8-20(9-7-18)27-12-10-23(11-13-27)28-14-15-29-23/h1-9,16-17H,10-15H2,(H,25,26). The van der Waals surface area contributed by atoms with Crippen LogP contribution >= 0.6 is 11.3 Å². The van der Waals surface area contributed by atoms with Crippen molar-refractivity contribution in [3.8, 4) is 11.3 Å². The number of aromatic nitrogens is 1. The molecule has 3 aromatic rings. The Hall–Kier alpha value is -2.74. The van der Waals surface area contributed by atoms with Gasteiger partial charge in [-0.1, -0.05) is 42.5 Å². The third-order valence-corrected chi connectivity index (χ3v) is 6.29. The molecule has 2 aromatic carbocycles. The molecular weight excluding hydrogens is 396 g/mol. The zero-order chi connectivity index (χ0) is 20.2. The number of benzene rings is 2. The number of rotatable bonds is 5. The Bertz CT molecular complexity index is 988. The molecule has 30 heavy (non-hydrogen) atoms. The first-order chi connectivity index (χ1) is 14.8. The number of nitrogens with zero attached hydrogens (tertiary/aromatic N) is 3. The third kappa shape index (κ3) is 4.23. The molecule has 0 atom stereocenters. The van der Waals surface area contributed by atoms with Crippen molar-refractivity contribution in [3.63, 3.8) is 0 Å². The molecule has 2 aliphatic rings. The van der Waals surface area contributed by atoms with Crippen LogP contribution in [-0.2, 0) is 9.47 Å². The summed E-state index contributed by atoms with van der Waals surface area (Å²) in [5.74, 6) is -0.328. The van der Waals surface area contributed by atoms with E-state index in [0.717, 1.165) is 61.1 Å². The molecule has 0 unspecified atom stereocenters. The van der Waals surface area contributed by atoms with E-state index in [0.29, 0.717) is 0 Å². The summed E-state index contributed by atoms with van der Waals surface area (Å²) in [6, 6.07) is 18.6. The van der Waals surface area contributed by atoms with Crippen LogP contribution in [-0.4, -0.2) is 43.3 Å². The summed E-state index contributed by atoms with van der Waals surface area (Å²) in [5, 5.41) is 7.15. The fourth-order valence-electron chi connectivity index (χ4n) is 3.89. The molecule has 1 spiro atoms. The summed E-state index contributed by atoms with van der Waals surface area (Å²) in [6.07, 6.45) is 3.65. The van der Waals surface area contributed by atoms with Gasteiger partial charge in [0, 0.05) is 42.6 Å². The molecule has 0 saturated carbocycles. The van der Waals surface area contributed by atoms with Crippen LogP contribution in [0.1, 0.15) is 18.4 Å². The second-order valence-electron chi connectivity index (χ2n) is 7.46. The van der Waals surface area contributed by atoms with Crippen molar-refractivity contribution in [3.05, 3.63) is 65.5 Å². The van der Waals surface area contributed by atoms with Gasteiger partial charge in [-0.05, 0) is 17.7 Å². The quantitative estimate of drug-likeness (QED) is 0.483. The van der Waals surface area contributed by atoms with E-state index in [1.807, 2.05) is 29.8 Å². The predicted molar refractivity (Wildman–Crippen MR) is 121 cm³/mol. The van der Waals surface area contributed by atoms with E-state index >= 15 is 0 Å². The van der Waals surface area contributed by atoms with E-state index in [9.17, 15) is 0 Å². The smallest absolute Gasteiger partial charge is 0.203 e. The van der Waals surface area contributed by atoms with Gasteiger partial charge in [-0.25, -0.2) is 4.98 Å². The number of hydrazone groups is 1. The normalized spacial score (nSPS) is 18.3. The first-order valence-electron chi connectivity index (χ1n) is 10.2. The van der Waals surface area contributed by atoms with Crippen LogP contribution in [0.25, 0.3) is 11.3 Å². The van der Waals surface area contributed by atoms with E-state index in [4.69, 9.17) is 9.47 Å². The lowest BCUT2D eigenvalue weighted by atomic mass is 10.0. The van der Waals surface area contributed by atoms with Gasteiger partial charge in [0.25, 0.3) is 0 Å². The van der Waals surface area contributed by atoms with E-state index in [1.165, 1.54) is 5.69 Å². The molecule has 5 rings (SSSR count). The zero-order valence-corrected chi connectivity index (χ0v) is 17.5. The topological polar surface area (TPSA) is 59.0 Å². The highest BCUT2D eigenvalue weighted by Crippen LogP contribution is 2.33. The van der Waals surface area contributed by atoms with Crippen LogP contribution in [0.15, 0.2) is 65.1 Å². The number of hydrogen-bond donors (Lipinski definition) is 1. The van der Waals surface area contributed by atoms with Crippen LogP contribution < -0.4 is 10.3 Å². The number of thiazole rings is 1. The molecule has 1 N–H and O–H groups in total. The van der Waals surface area contributed by atoms with Crippen molar-refractivity contribution in [2.45, 2.75) is 18.6 Å². The van der Waals surface area contributed by atoms with Crippen LogP contribution in [0.3, 0.4) is 0 Å². The summed E-state index contributed by atoms with van der Waals surface area (Å²) in [4.78, 5) is 6.97. The van der Waals surface area contributed by atoms with E-state index in [2.05, 4.69) is 56.8 Å². The average Bonchev–Trinajstić information content (AvgIpc) is 3.46. The Morgan fingerprint density at radius 1 is 1.00 bits per heavy atom. The average molecular weight is 421 g/mol. The number of ether oxygens (including phenoxy) is 2. The van der Waals surface area contributed by atoms with E-state index in [1.54, 1.807) is 11.3 Å². The first-order valence-corrected chi connectivity index (χ1v) is 11.1. The second kappa shape index (κ2) is 8.55. The fourth-order valence-corrected chi connectivity index (χ4v) is 4.56. The lowest BCUT2D eigenvalue weighted by molar-refractivity contribution is -0.169. The van der Waals surface area contributed by atoms with Crippen LogP contribution in [0, 0.1) is 0 Å². The summed E-state index contributed by atoms with van der Waals surface area (Å²) < 4.78 is 11.6. The number of nitrogens with one attached hydrogen (secondary N) is 1. The number of piperidine rings is 1. The molecule has 7 heteroatoms. The van der Waals surface area contributed by atoms with Crippen molar-refractivity contribution in [2.24, 2.45) is 5.10 Å². The molecule has 0 bridgehead atoms. The Morgan fingerprint density at radius 3 is 2.47 bits per heavy atom. The van der Waals surface area contributed by atoms with Crippen molar-refractivity contribution in [1.82, 2.24) is 4.98 Å². The predicted octanol–water partition coefficient (Wildman–Crippen LogP) is 4.60. The van der Waals surface area contributed by atoms with Crippen molar-refractivity contribution < 1.29 is 9.47 Å². The lowest BCUT2D eigenvalue weighted by Gasteiger charge is -2.38.